The number of methoxy groups -OCH3 is 1. The molecule has 0 radical (unpaired) electrons. The van der Waals surface area contributed by atoms with E-state index in [1.54, 1.807) is 17.4 Å². The van der Waals surface area contributed by atoms with Crippen molar-refractivity contribution in [3.8, 4) is 5.75 Å². The third-order valence-corrected chi connectivity index (χ3v) is 4.67. The quantitative estimate of drug-likeness (QED) is 0.868. The van der Waals surface area contributed by atoms with Crippen molar-refractivity contribution in [1.29, 1.82) is 0 Å². The summed E-state index contributed by atoms with van der Waals surface area (Å²) in [5.74, 6) is -0.0401. The minimum Gasteiger partial charge on any atom is -0.494 e. The fourth-order valence-electron chi connectivity index (χ4n) is 2.33. The lowest BCUT2D eigenvalue weighted by Gasteiger charge is -2.20. The van der Waals surface area contributed by atoms with Gasteiger partial charge in [-0.1, -0.05) is 6.07 Å². The molecule has 2 unspecified atom stereocenters. The first-order valence-corrected chi connectivity index (χ1v) is 7.54. The van der Waals surface area contributed by atoms with E-state index < -0.39 is 0 Å². The molecule has 0 bridgehead atoms. The monoisotopic (exact) mass is 293 g/mol. The highest BCUT2D eigenvalue weighted by Crippen LogP contribution is 2.27. The number of aryl methyl sites for hydroxylation is 1. The zero-order chi connectivity index (χ0) is 14.7. The van der Waals surface area contributed by atoms with E-state index >= 15 is 0 Å². The number of thiophene rings is 1. The molecular formula is C16H20FNOS. The summed E-state index contributed by atoms with van der Waals surface area (Å²) in [5, 5.41) is 5.60. The van der Waals surface area contributed by atoms with E-state index in [-0.39, 0.29) is 23.7 Å². The molecule has 1 aromatic heterocycles. The zero-order valence-electron chi connectivity index (χ0n) is 12.2. The molecule has 4 heteroatoms. The Labute approximate surface area is 123 Å². The van der Waals surface area contributed by atoms with Gasteiger partial charge < -0.3 is 10.1 Å². The maximum absolute atomic E-state index is 13.7. The molecule has 2 aromatic rings. The van der Waals surface area contributed by atoms with E-state index in [9.17, 15) is 4.39 Å². The molecule has 0 aliphatic heterocycles. The predicted octanol–water partition coefficient (Wildman–Crippen LogP) is 4.62. The maximum Gasteiger partial charge on any atom is 0.165 e. The number of nitrogens with one attached hydrogen (secondary N) is 1. The number of hydrogen-bond acceptors (Lipinski definition) is 3. The Morgan fingerprint density at radius 3 is 2.50 bits per heavy atom. The van der Waals surface area contributed by atoms with Crippen LogP contribution in [0.2, 0.25) is 0 Å². The minimum absolute atomic E-state index is 0.0758. The number of hydrogen-bond donors (Lipinski definition) is 1. The average molecular weight is 293 g/mol. The van der Waals surface area contributed by atoms with Gasteiger partial charge in [-0.25, -0.2) is 4.39 Å². The highest BCUT2D eigenvalue weighted by Gasteiger charge is 2.15. The van der Waals surface area contributed by atoms with Crippen molar-refractivity contribution in [1.82, 2.24) is 5.32 Å². The Morgan fingerprint density at radius 2 is 1.95 bits per heavy atom. The normalized spacial score (nSPS) is 14.1. The first kappa shape index (κ1) is 15.0. The summed E-state index contributed by atoms with van der Waals surface area (Å²) in [6.07, 6.45) is 0. The number of rotatable bonds is 5. The van der Waals surface area contributed by atoms with Gasteiger partial charge >= 0.3 is 0 Å². The summed E-state index contributed by atoms with van der Waals surface area (Å²) in [4.78, 5) is 1.32. The Kier molecular flexibility index (Phi) is 4.78. The molecule has 0 fully saturated rings. The van der Waals surface area contributed by atoms with Gasteiger partial charge in [0.1, 0.15) is 0 Å². The summed E-state index contributed by atoms with van der Waals surface area (Å²) in [5.41, 5.74) is 2.22. The molecule has 1 heterocycles. The van der Waals surface area contributed by atoms with Crippen LogP contribution in [0, 0.1) is 12.7 Å². The number of benzene rings is 1. The molecule has 2 nitrogen and oxygen atoms in total. The molecule has 20 heavy (non-hydrogen) atoms. The molecule has 0 amide bonds. The molecule has 108 valence electrons. The first-order valence-electron chi connectivity index (χ1n) is 6.66. The van der Waals surface area contributed by atoms with Crippen LogP contribution in [0.25, 0.3) is 0 Å². The van der Waals surface area contributed by atoms with Crippen LogP contribution in [0.4, 0.5) is 4.39 Å². The SMILES string of the molecule is COc1ccc(C(C)NC(C)c2sccc2C)cc1F. The van der Waals surface area contributed by atoms with Gasteiger partial charge in [-0.2, -0.15) is 0 Å². The molecule has 0 aliphatic rings. The largest absolute Gasteiger partial charge is 0.494 e. The minimum atomic E-state index is -0.321. The van der Waals surface area contributed by atoms with Crippen molar-refractivity contribution in [3.63, 3.8) is 0 Å². The van der Waals surface area contributed by atoms with Crippen LogP contribution in [-0.4, -0.2) is 7.11 Å². The van der Waals surface area contributed by atoms with Crippen LogP contribution in [0.1, 0.15) is 41.9 Å². The predicted molar refractivity (Wildman–Crippen MR) is 82.0 cm³/mol. The second-order valence-corrected chi connectivity index (χ2v) is 5.92. The van der Waals surface area contributed by atoms with Gasteiger partial charge in [-0.3, -0.25) is 0 Å². The van der Waals surface area contributed by atoms with Crippen LogP contribution in [0.5, 0.6) is 5.75 Å². The lowest BCUT2D eigenvalue weighted by Crippen LogP contribution is -2.22. The van der Waals surface area contributed by atoms with Gasteiger partial charge in [-0.15, -0.1) is 11.3 Å². The van der Waals surface area contributed by atoms with Crippen LogP contribution >= 0.6 is 11.3 Å². The van der Waals surface area contributed by atoms with E-state index in [4.69, 9.17) is 4.74 Å². The van der Waals surface area contributed by atoms with Crippen molar-refractivity contribution in [2.24, 2.45) is 0 Å². The van der Waals surface area contributed by atoms with Crippen LogP contribution < -0.4 is 10.1 Å². The van der Waals surface area contributed by atoms with Gasteiger partial charge in [-0.05, 0) is 55.5 Å². The van der Waals surface area contributed by atoms with Crippen molar-refractivity contribution >= 4 is 11.3 Å². The van der Waals surface area contributed by atoms with E-state index in [0.717, 1.165) is 5.56 Å². The topological polar surface area (TPSA) is 21.3 Å². The maximum atomic E-state index is 13.7. The number of halogens is 1. The van der Waals surface area contributed by atoms with Crippen LogP contribution in [0.3, 0.4) is 0 Å². The van der Waals surface area contributed by atoms with Gasteiger partial charge in [0.25, 0.3) is 0 Å². The third kappa shape index (κ3) is 3.19. The summed E-state index contributed by atoms with van der Waals surface area (Å²) in [7, 11) is 1.47. The molecule has 0 saturated heterocycles. The zero-order valence-corrected chi connectivity index (χ0v) is 13.1. The molecule has 1 aromatic carbocycles. The van der Waals surface area contributed by atoms with Crippen molar-refractivity contribution < 1.29 is 9.13 Å². The Bertz CT molecular complexity index is 582. The standard InChI is InChI=1S/C16H20FNOS/c1-10-7-8-20-16(10)12(3)18-11(2)13-5-6-15(19-4)14(17)9-13/h5-9,11-12,18H,1-4H3. The van der Waals surface area contributed by atoms with Gasteiger partial charge in [0.05, 0.1) is 7.11 Å². The van der Waals surface area contributed by atoms with Crippen LogP contribution in [-0.2, 0) is 0 Å². The summed E-state index contributed by atoms with van der Waals surface area (Å²) < 4.78 is 18.7. The molecule has 0 aliphatic carbocycles. The molecule has 0 spiro atoms. The highest BCUT2D eigenvalue weighted by molar-refractivity contribution is 7.10. The highest BCUT2D eigenvalue weighted by atomic mass is 32.1. The smallest absolute Gasteiger partial charge is 0.165 e. The Morgan fingerprint density at radius 1 is 1.20 bits per heavy atom. The van der Waals surface area contributed by atoms with Gasteiger partial charge in [0.15, 0.2) is 11.6 Å². The van der Waals surface area contributed by atoms with Gasteiger partial charge in [0.2, 0.25) is 0 Å². The van der Waals surface area contributed by atoms with E-state index in [1.807, 2.05) is 13.0 Å². The van der Waals surface area contributed by atoms with E-state index in [2.05, 4.69) is 30.6 Å². The molecule has 2 rings (SSSR count). The first-order chi connectivity index (χ1) is 9.52. The second kappa shape index (κ2) is 6.37. The fraction of sp³-hybridized carbons (Fsp3) is 0.375. The summed E-state index contributed by atoms with van der Waals surface area (Å²) >= 11 is 1.75. The average Bonchev–Trinajstić information content (AvgIpc) is 2.84. The van der Waals surface area contributed by atoms with E-state index in [1.165, 1.54) is 23.6 Å². The molecule has 0 saturated carbocycles. The molecule has 1 N–H and O–H groups in total. The van der Waals surface area contributed by atoms with Gasteiger partial charge in [0, 0.05) is 17.0 Å². The number of ether oxygens (including phenoxy) is 1. The van der Waals surface area contributed by atoms with Crippen molar-refractivity contribution in [2.45, 2.75) is 32.9 Å². The van der Waals surface area contributed by atoms with E-state index in [0.29, 0.717) is 0 Å². The summed E-state index contributed by atoms with van der Waals surface area (Å²) in [6.45, 7) is 6.29. The second-order valence-electron chi connectivity index (χ2n) is 4.97. The Balaban J connectivity index is 2.10. The van der Waals surface area contributed by atoms with Crippen LogP contribution in [0.15, 0.2) is 29.6 Å². The third-order valence-electron chi connectivity index (χ3n) is 3.47. The lowest BCUT2D eigenvalue weighted by atomic mass is 10.1. The molecule has 2 atom stereocenters. The van der Waals surface area contributed by atoms with Crippen molar-refractivity contribution in [3.05, 3.63) is 51.5 Å². The van der Waals surface area contributed by atoms with Crippen molar-refractivity contribution in [2.75, 3.05) is 7.11 Å². The Hall–Kier alpha value is -1.39. The fourth-order valence-corrected chi connectivity index (χ4v) is 3.27. The summed E-state index contributed by atoms with van der Waals surface area (Å²) in [6, 6.07) is 7.54. The molecular weight excluding hydrogens is 273 g/mol. The lowest BCUT2D eigenvalue weighted by molar-refractivity contribution is 0.385.